The van der Waals surface area contributed by atoms with Crippen molar-refractivity contribution in [3.63, 3.8) is 0 Å². The standard InChI is InChI=1S/C18H17NO2S/c1-13(20)14-7-9-15(10-8-14)17(21)19-11-12-22-18(19)16-5-3-2-4-6-16/h2-10,18H,11-12H2,1H3. The number of amides is 1. The number of thioether (sulfide) groups is 1. The Morgan fingerprint density at radius 3 is 2.27 bits per heavy atom. The summed E-state index contributed by atoms with van der Waals surface area (Å²) in [4.78, 5) is 26.0. The normalized spacial score (nSPS) is 17.5. The Kier molecular flexibility index (Phi) is 4.29. The van der Waals surface area contributed by atoms with Crippen molar-refractivity contribution in [3.8, 4) is 0 Å². The monoisotopic (exact) mass is 311 g/mol. The molecular weight excluding hydrogens is 294 g/mol. The van der Waals surface area contributed by atoms with Gasteiger partial charge in [0.05, 0.1) is 0 Å². The minimum Gasteiger partial charge on any atom is -0.322 e. The van der Waals surface area contributed by atoms with Gasteiger partial charge in [0.25, 0.3) is 5.91 Å². The average molecular weight is 311 g/mol. The van der Waals surface area contributed by atoms with Crippen molar-refractivity contribution < 1.29 is 9.59 Å². The van der Waals surface area contributed by atoms with Crippen LogP contribution in [0.25, 0.3) is 0 Å². The van der Waals surface area contributed by atoms with Gasteiger partial charge in [0.15, 0.2) is 5.78 Å². The summed E-state index contributed by atoms with van der Waals surface area (Å²) < 4.78 is 0. The van der Waals surface area contributed by atoms with E-state index < -0.39 is 0 Å². The van der Waals surface area contributed by atoms with Crippen LogP contribution in [0.3, 0.4) is 0 Å². The van der Waals surface area contributed by atoms with Crippen LogP contribution in [0, 0.1) is 0 Å². The molecule has 3 nitrogen and oxygen atoms in total. The Hall–Kier alpha value is -2.07. The molecule has 0 bridgehead atoms. The fraction of sp³-hybridized carbons (Fsp3) is 0.222. The van der Waals surface area contributed by atoms with E-state index in [0.29, 0.717) is 11.1 Å². The maximum atomic E-state index is 12.7. The van der Waals surface area contributed by atoms with E-state index in [4.69, 9.17) is 0 Å². The van der Waals surface area contributed by atoms with Gasteiger partial charge in [-0.05, 0) is 24.6 Å². The second-order valence-corrected chi connectivity index (χ2v) is 6.45. The highest BCUT2D eigenvalue weighted by Crippen LogP contribution is 2.38. The smallest absolute Gasteiger partial charge is 0.255 e. The van der Waals surface area contributed by atoms with E-state index in [9.17, 15) is 9.59 Å². The van der Waals surface area contributed by atoms with Crippen molar-refractivity contribution in [2.45, 2.75) is 12.3 Å². The maximum Gasteiger partial charge on any atom is 0.255 e. The molecule has 1 saturated heterocycles. The van der Waals surface area contributed by atoms with Gasteiger partial charge < -0.3 is 4.90 Å². The summed E-state index contributed by atoms with van der Waals surface area (Å²) in [5, 5.41) is 0.0705. The second kappa shape index (κ2) is 6.36. The molecule has 3 rings (SSSR count). The first-order chi connectivity index (χ1) is 10.7. The lowest BCUT2D eigenvalue weighted by atomic mass is 10.1. The zero-order valence-electron chi connectivity index (χ0n) is 12.4. The van der Waals surface area contributed by atoms with E-state index >= 15 is 0 Å². The zero-order chi connectivity index (χ0) is 15.5. The first kappa shape index (κ1) is 14.9. The second-order valence-electron chi connectivity index (χ2n) is 5.27. The van der Waals surface area contributed by atoms with Crippen LogP contribution in [0.2, 0.25) is 0 Å². The lowest BCUT2D eigenvalue weighted by molar-refractivity contribution is 0.0760. The number of hydrogen-bond acceptors (Lipinski definition) is 3. The Balaban J connectivity index is 1.83. The molecule has 4 heteroatoms. The molecule has 0 N–H and O–H groups in total. The van der Waals surface area contributed by atoms with Crippen LogP contribution in [0.5, 0.6) is 0 Å². The van der Waals surface area contributed by atoms with E-state index in [-0.39, 0.29) is 17.1 Å². The van der Waals surface area contributed by atoms with E-state index in [1.54, 1.807) is 36.0 Å². The summed E-state index contributed by atoms with van der Waals surface area (Å²) in [6.07, 6.45) is 0. The summed E-state index contributed by atoms with van der Waals surface area (Å²) >= 11 is 1.79. The van der Waals surface area contributed by atoms with Crippen LogP contribution in [0.4, 0.5) is 0 Å². The molecule has 0 spiro atoms. The Bertz CT molecular complexity index is 682. The molecule has 2 aromatic rings. The molecule has 1 fully saturated rings. The summed E-state index contributed by atoms with van der Waals surface area (Å²) in [7, 11) is 0. The minimum absolute atomic E-state index is 0.0119. The van der Waals surface area contributed by atoms with Crippen molar-refractivity contribution in [2.24, 2.45) is 0 Å². The van der Waals surface area contributed by atoms with Crippen molar-refractivity contribution in [3.05, 3.63) is 71.3 Å². The molecule has 0 radical (unpaired) electrons. The number of ketones is 1. The average Bonchev–Trinajstić information content (AvgIpc) is 3.04. The number of carbonyl (C=O) groups excluding carboxylic acids is 2. The van der Waals surface area contributed by atoms with Gasteiger partial charge in [-0.2, -0.15) is 0 Å². The van der Waals surface area contributed by atoms with Gasteiger partial charge in [0.1, 0.15) is 5.37 Å². The molecule has 0 aromatic heterocycles. The highest BCUT2D eigenvalue weighted by Gasteiger charge is 2.31. The maximum absolute atomic E-state index is 12.7. The third-order valence-electron chi connectivity index (χ3n) is 3.77. The van der Waals surface area contributed by atoms with Crippen LogP contribution in [-0.2, 0) is 0 Å². The highest BCUT2D eigenvalue weighted by atomic mass is 32.2. The molecule has 22 heavy (non-hydrogen) atoms. The Morgan fingerprint density at radius 1 is 1.00 bits per heavy atom. The summed E-state index contributed by atoms with van der Waals surface area (Å²) in [6.45, 7) is 2.27. The summed E-state index contributed by atoms with van der Waals surface area (Å²) in [5.41, 5.74) is 2.42. The molecular formula is C18H17NO2S. The molecule has 1 aliphatic heterocycles. The predicted octanol–water partition coefficient (Wildman–Crippen LogP) is 3.78. The van der Waals surface area contributed by atoms with E-state index in [0.717, 1.165) is 17.9 Å². The number of rotatable bonds is 3. The van der Waals surface area contributed by atoms with Gasteiger partial charge in [-0.25, -0.2) is 0 Å². The topological polar surface area (TPSA) is 37.4 Å². The van der Waals surface area contributed by atoms with Gasteiger partial charge in [0, 0.05) is 23.4 Å². The van der Waals surface area contributed by atoms with E-state index in [2.05, 4.69) is 12.1 Å². The molecule has 1 amide bonds. The van der Waals surface area contributed by atoms with Gasteiger partial charge in [0.2, 0.25) is 0 Å². The number of hydrogen-bond donors (Lipinski definition) is 0. The Labute approximate surface area is 134 Å². The SMILES string of the molecule is CC(=O)c1ccc(C(=O)N2CCSC2c2ccccc2)cc1. The fourth-order valence-corrected chi connectivity index (χ4v) is 3.84. The summed E-state index contributed by atoms with van der Waals surface area (Å²) in [6, 6.07) is 17.0. The zero-order valence-corrected chi connectivity index (χ0v) is 13.2. The molecule has 1 unspecified atom stereocenters. The molecule has 112 valence electrons. The summed E-state index contributed by atoms with van der Waals surface area (Å²) in [5.74, 6) is 0.975. The first-order valence-electron chi connectivity index (χ1n) is 7.25. The van der Waals surface area contributed by atoms with Crippen LogP contribution in [0.15, 0.2) is 54.6 Å². The number of nitrogens with zero attached hydrogens (tertiary/aromatic N) is 1. The van der Waals surface area contributed by atoms with E-state index in [1.165, 1.54) is 6.92 Å². The van der Waals surface area contributed by atoms with Crippen molar-refractivity contribution in [2.75, 3.05) is 12.3 Å². The van der Waals surface area contributed by atoms with Crippen LogP contribution in [0.1, 0.15) is 38.6 Å². The fourth-order valence-electron chi connectivity index (χ4n) is 2.59. The molecule has 0 saturated carbocycles. The molecule has 0 aliphatic carbocycles. The lowest BCUT2D eigenvalue weighted by Gasteiger charge is -2.24. The van der Waals surface area contributed by atoms with Gasteiger partial charge in [-0.3, -0.25) is 9.59 Å². The quantitative estimate of drug-likeness (QED) is 0.810. The third kappa shape index (κ3) is 2.92. The molecule has 1 atom stereocenters. The van der Waals surface area contributed by atoms with Crippen LogP contribution in [-0.4, -0.2) is 28.9 Å². The highest BCUT2D eigenvalue weighted by molar-refractivity contribution is 7.99. The van der Waals surface area contributed by atoms with Gasteiger partial charge in [-0.15, -0.1) is 11.8 Å². The molecule has 1 aliphatic rings. The number of benzene rings is 2. The largest absolute Gasteiger partial charge is 0.322 e. The Morgan fingerprint density at radius 2 is 1.64 bits per heavy atom. The minimum atomic E-state index is 0.0119. The van der Waals surface area contributed by atoms with E-state index in [1.807, 2.05) is 23.1 Å². The first-order valence-corrected chi connectivity index (χ1v) is 8.30. The molecule has 2 aromatic carbocycles. The lowest BCUT2D eigenvalue weighted by Crippen LogP contribution is -2.30. The van der Waals surface area contributed by atoms with Crippen molar-refractivity contribution in [1.29, 1.82) is 0 Å². The third-order valence-corrected chi connectivity index (χ3v) is 5.04. The van der Waals surface area contributed by atoms with Gasteiger partial charge in [-0.1, -0.05) is 42.5 Å². The number of carbonyl (C=O) groups is 2. The van der Waals surface area contributed by atoms with Crippen molar-refractivity contribution >= 4 is 23.5 Å². The molecule has 1 heterocycles. The van der Waals surface area contributed by atoms with Crippen LogP contribution >= 0.6 is 11.8 Å². The van der Waals surface area contributed by atoms with Crippen molar-refractivity contribution in [1.82, 2.24) is 4.90 Å². The van der Waals surface area contributed by atoms with Crippen LogP contribution < -0.4 is 0 Å². The number of Topliss-reactive ketones (excluding diaryl/α,β-unsaturated/α-hetero) is 1. The predicted molar refractivity (Wildman–Crippen MR) is 89.1 cm³/mol. The van der Waals surface area contributed by atoms with Gasteiger partial charge >= 0.3 is 0 Å².